The number of hydrogen-bond donors (Lipinski definition) is 2. The highest BCUT2D eigenvalue weighted by atomic mass is 16.5. The van der Waals surface area contributed by atoms with E-state index < -0.39 is 0 Å². The highest BCUT2D eigenvalue weighted by molar-refractivity contribution is 5.57. The molecule has 0 aliphatic carbocycles. The minimum Gasteiger partial charge on any atom is -0.495 e. The number of ether oxygens (including phenoxy) is 2. The Balaban J connectivity index is 2.17. The van der Waals surface area contributed by atoms with Gasteiger partial charge in [0.2, 0.25) is 0 Å². The van der Waals surface area contributed by atoms with E-state index in [1.54, 1.807) is 7.11 Å². The number of benzene rings is 1. The van der Waals surface area contributed by atoms with E-state index in [4.69, 9.17) is 15.2 Å². The highest BCUT2D eigenvalue weighted by Gasteiger charge is 2.31. The lowest BCUT2D eigenvalue weighted by atomic mass is 9.92. The molecule has 1 aromatic carbocycles. The lowest BCUT2D eigenvalue weighted by Crippen LogP contribution is -2.51. The van der Waals surface area contributed by atoms with Crippen molar-refractivity contribution in [1.29, 1.82) is 0 Å². The van der Waals surface area contributed by atoms with Crippen LogP contribution in [0.25, 0.3) is 0 Å². The molecular weight excluding hydrogens is 216 g/mol. The molecular formula is C13H20N2O2. The van der Waals surface area contributed by atoms with Gasteiger partial charge in [-0.05, 0) is 25.0 Å². The molecule has 0 amide bonds. The predicted octanol–water partition coefficient (Wildman–Crippen LogP) is 1.61. The van der Waals surface area contributed by atoms with Crippen LogP contribution in [0.3, 0.4) is 0 Å². The molecule has 4 nitrogen and oxygen atoms in total. The molecule has 0 saturated carbocycles. The van der Waals surface area contributed by atoms with Gasteiger partial charge in [0, 0.05) is 13.2 Å². The van der Waals surface area contributed by atoms with Crippen LogP contribution in [0.1, 0.15) is 12.8 Å². The molecule has 2 rings (SSSR count). The Morgan fingerprint density at radius 3 is 2.94 bits per heavy atom. The molecule has 1 aromatic rings. The second kappa shape index (κ2) is 5.38. The Morgan fingerprint density at radius 1 is 1.47 bits per heavy atom. The number of nitrogens with two attached hydrogens (primary N) is 1. The summed E-state index contributed by atoms with van der Waals surface area (Å²) in [6.07, 6.45) is 2.07. The first-order valence-corrected chi connectivity index (χ1v) is 5.99. The van der Waals surface area contributed by atoms with E-state index in [0.29, 0.717) is 13.2 Å². The summed E-state index contributed by atoms with van der Waals surface area (Å²) < 4.78 is 10.9. The SMILES string of the molecule is COc1ccccc1NC1(CN)CCCOC1. The third-order valence-electron chi connectivity index (χ3n) is 3.22. The predicted molar refractivity (Wildman–Crippen MR) is 68.5 cm³/mol. The molecule has 0 radical (unpaired) electrons. The quantitative estimate of drug-likeness (QED) is 0.834. The van der Waals surface area contributed by atoms with Gasteiger partial charge in [-0.25, -0.2) is 0 Å². The summed E-state index contributed by atoms with van der Waals surface area (Å²) in [4.78, 5) is 0. The average molecular weight is 236 g/mol. The normalized spacial score (nSPS) is 24.4. The molecule has 1 atom stereocenters. The molecule has 0 spiro atoms. The maximum Gasteiger partial charge on any atom is 0.141 e. The Bertz CT molecular complexity index is 362. The van der Waals surface area contributed by atoms with Crippen LogP contribution in [0.5, 0.6) is 5.75 Å². The Hall–Kier alpha value is -1.26. The lowest BCUT2D eigenvalue weighted by molar-refractivity contribution is 0.0502. The first kappa shape index (κ1) is 12.2. The van der Waals surface area contributed by atoms with Gasteiger partial charge in [0.25, 0.3) is 0 Å². The van der Waals surface area contributed by atoms with E-state index in [1.807, 2.05) is 24.3 Å². The summed E-state index contributed by atoms with van der Waals surface area (Å²) in [7, 11) is 1.67. The van der Waals surface area contributed by atoms with E-state index in [9.17, 15) is 0 Å². The zero-order valence-corrected chi connectivity index (χ0v) is 10.2. The molecule has 3 N–H and O–H groups in total. The van der Waals surface area contributed by atoms with Gasteiger partial charge in [-0.2, -0.15) is 0 Å². The van der Waals surface area contributed by atoms with Gasteiger partial charge in [-0.15, -0.1) is 0 Å². The van der Waals surface area contributed by atoms with Gasteiger partial charge in [0.1, 0.15) is 5.75 Å². The van der Waals surface area contributed by atoms with Crippen LogP contribution >= 0.6 is 0 Å². The van der Waals surface area contributed by atoms with Crippen LogP contribution in [-0.2, 0) is 4.74 Å². The first-order chi connectivity index (χ1) is 8.29. The lowest BCUT2D eigenvalue weighted by Gasteiger charge is -2.38. The van der Waals surface area contributed by atoms with Gasteiger partial charge in [-0.1, -0.05) is 12.1 Å². The zero-order valence-electron chi connectivity index (χ0n) is 10.2. The number of para-hydroxylation sites is 2. The molecule has 1 saturated heterocycles. The monoisotopic (exact) mass is 236 g/mol. The van der Waals surface area contributed by atoms with Gasteiger partial charge in [0.05, 0.1) is 24.9 Å². The van der Waals surface area contributed by atoms with E-state index in [1.165, 1.54) is 0 Å². The van der Waals surface area contributed by atoms with Gasteiger partial charge in [0.15, 0.2) is 0 Å². The largest absolute Gasteiger partial charge is 0.495 e. The van der Waals surface area contributed by atoms with Crippen molar-refractivity contribution < 1.29 is 9.47 Å². The summed E-state index contributed by atoms with van der Waals surface area (Å²) >= 11 is 0. The van der Waals surface area contributed by atoms with Crippen molar-refractivity contribution in [2.75, 3.05) is 32.2 Å². The van der Waals surface area contributed by atoms with Gasteiger partial charge >= 0.3 is 0 Å². The molecule has 94 valence electrons. The fourth-order valence-corrected chi connectivity index (χ4v) is 2.20. The molecule has 4 heteroatoms. The second-order valence-corrected chi connectivity index (χ2v) is 4.47. The van der Waals surface area contributed by atoms with Crippen LogP contribution in [0.2, 0.25) is 0 Å². The first-order valence-electron chi connectivity index (χ1n) is 5.99. The Morgan fingerprint density at radius 2 is 2.29 bits per heavy atom. The van der Waals surface area contributed by atoms with E-state index >= 15 is 0 Å². The van der Waals surface area contributed by atoms with Crippen molar-refractivity contribution in [2.24, 2.45) is 5.73 Å². The van der Waals surface area contributed by atoms with Crippen LogP contribution in [0.4, 0.5) is 5.69 Å². The highest BCUT2D eigenvalue weighted by Crippen LogP contribution is 2.29. The molecule has 17 heavy (non-hydrogen) atoms. The minimum absolute atomic E-state index is 0.160. The van der Waals surface area contributed by atoms with Crippen LogP contribution in [0.15, 0.2) is 24.3 Å². The van der Waals surface area contributed by atoms with E-state index in [-0.39, 0.29) is 5.54 Å². The van der Waals surface area contributed by atoms with Crippen molar-refractivity contribution in [3.8, 4) is 5.75 Å². The standard InChI is InChI=1S/C13H20N2O2/c1-16-12-6-3-2-5-11(12)15-13(9-14)7-4-8-17-10-13/h2-3,5-6,15H,4,7-10,14H2,1H3. The summed E-state index contributed by atoms with van der Waals surface area (Å²) in [6, 6.07) is 7.89. The zero-order chi connectivity index (χ0) is 12.1. The smallest absolute Gasteiger partial charge is 0.141 e. The van der Waals surface area contributed by atoms with Crippen molar-refractivity contribution in [2.45, 2.75) is 18.4 Å². The summed E-state index contributed by atoms with van der Waals surface area (Å²) in [5.41, 5.74) is 6.71. The average Bonchev–Trinajstić information content (AvgIpc) is 2.40. The van der Waals surface area contributed by atoms with E-state index in [0.717, 1.165) is 30.9 Å². The molecule has 1 aliphatic rings. The second-order valence-electron chi connectivity index (χ2n) is 4.47. The van der Waals surface area contributed by atoms with Crippen LogP contribution < -0.4 is 15.8 Å². The molecule has 1 unspecified atom stereocenters. The number of methoxy groups -OCH3 is 1. The van der Waals surface area contributed by atoms with E-state index in [2.05, 4.69) is 5.32 Å². The van der Waals surface area contributed by atoms with Gasteiger partial charge < -0.3 is 20.5 Å². The third kappa shape index (κ3) is 2.70. The summed E-state index contributed by atoms with van der Waals surface area (Å²) in [6.45, 7) is 2.04. The van der Waals surface area contributed by atoms with Crippen molar-refractivity contribution >= 4 is 5.69 Å². The number of rotatable bonds is 4. The summed E-state index contributed by atoms with van der Waals surface area (Å²) in [5.74, 6) is 0.839. The van der Waals surface area contributed by atoms with Gasteiger partial charge in [-0.3, -0.25) is 0 Å². The Labute approximate surface area is 102 Å². The molecule has 1 heterocycles. The number of hydrogen-bond acceptors (Lipinski definition) is 4. The Kier molecular flexibility index (Phi) is 3.86. The van der Waals surface area contributed by atoms with Crippen molar-refractivity contribution in [1.82, 2.24) is 0 Å². The maximum atomic E-state index is 5.89. The number of nitrogens with one attached hydrogen (secondary N) is 1. The third-order valence-corrected chi connectivity index (χ3v) is 3.22. The van der Waals surface area contributed by atoms with Crippen LogP contribution in [-0.4, -0.2) is 32.4 Å². The van der Waals surface area contributed by atoms with Crippen LogP contribution in [0, 0.1) is 0 Å². The van der Waals surface area contributed by atoms with Crippen molar-refractivity contribution in [3.05, 3.63) is 24.3 Å². The molecule has 0 aromatic heterocycles. The fraction of sp³-hybridized carbons (Fsp3) is 0.538. The number of anilines is 1. The van der Waals surface area contributed by atoms with Crippen molar-refractivity contribution in [3.63, 3.8) is 0 Å². The fourth-order valence-electron chi connectivity index (χ4n) is 2.20. The topological polar surface area (TPSA) is 56.5 Å². The maximum absolute atomic E-state index is 5.89. The minimum atomic E-state index is -0.160. The molecule has 0 bridgehead atoms. The summed E-state index contributed by atoms with van der Waals surface area (Å²) in [5, 5.41) is 3.49. The molecule has 1 fully saturated rings. The molecule has 1 aliphatic heterocycles.